The molecule has 0 bridgehead atoms. The lowest BCUT2D eigenvalue weighted by Gasteiger charge is -2.26. The van der Waals surface area contributed by atoms with Crippen molar-refractivity contribution in [2.45, 2.75) is 182 Å². The first-order valence-corrected chi connectivity index (χ1v) is 41.5. The van der Waals surface area contributed by atoms with E-state index in [2.05, 4.69) is 74.3 Å². The number of carbonyl (C=O) groups excluding carboxylic acids is 6. The van der Waals surface area contributed by atoms with Crippen molar-refractivity contribution in [3.05, 3.63) is 92.3 Å². The average molecular weight is 1610 g/mol. The molecule has 4 aromatic heterocycles. The minimum Gasteiger partial charge on any atom is -0.495 e. The highest BCUT2D eigenvalue weighted by Crippen LogP contribution is 2.50. The predicted octanol–water partition coefficient (Wildman–Crippen LogP) is 11.6. The summed E-state index contributed by atoms with van der Waals surface area (Å²) < 4.78 is 79.5. The first-order valence-electron chi connectivity index (χ1n) is 35.6. The third kappa shape index (κ3) is 17.2. The number of ether oxygens (including phenoxy) is 4. The molecule has 32 heteroatoms. The van der Waals surface area contributed by atoms with Crippen molar-refractivity contribution in [2.24, 2.45) is 11.8 Å². The molecule has 6 N–H and O–H groups in total. The number of rotatable bonds is 21. The zero-order valence-corrected chi connectivity index (χ0v) is 66.2. The Morgan fingerprint density at radius 1 is 0.648 bits per heavy atom. The highest BCUT2D eigenvalue weighted by atomic mass is 79.9. The number of urea groups is 2. The molecule has 6 atom stereocenters. The van der Waals surface area contributed by atoms with E-state index in [1.54, 1.807) is 59.3 Å². The van der Waals surface area contributed by atoms with Crippen molar-refractivity contribution < 1.29 is 64.6 Å². The van der Waals surface area contributed by atoms with Gasteiger partial charge in [0.2, 0.25) is 31.9 Å². The molecule has 6 aromatic rings. The smallest absolute Gasteiger partial charge is 0.317 e. The minimum absolute atomic E-state index is 0.00859. The van der Waals surface area contributed by atoms with Crippen LogP contribution in [0.3, 0.4) is 0 Å². The summed E-state index contributed by atoms with van der Waals surface area (Å²) in [6.45, 7) is 12.6. The Labute approximate surface area is 634 Å². The molecule has 6 heterocycles. The molecule has 2 aliphatic heterocycles. The number of methoxy groups -OCH3 is 2. The molecule has 2 aromatic carbocycles. The zero-order valence-electron chi connectivity index (χ0n) is 60.6. The van der Waals surface area contributed by atoms with Gasteiger partial charge in [-0.05, 0) is 142 Å². The summed E-state index contributed by atoms with van der Waals surface area (Å²) in [5, 5.41) is 18.4. The number of amides is 8. The molecule has 26 nitrogen and oxygen atoms in total. The van der Waals surface area contributed by atoms with Gasteiger partial charge in [-0.25, -0.2) is 46.4 Å². The van der Waals surface area contributed by atoms with E-state index in [9.17, 15) is 45.6 Å². The summed E-state index contributed by atoms with van der Waals surface area (Å²) in [6.07, 6.45) is 15.0. The third-order valence-corrected chi connectivity index (χ3v) is 28.0. The molecule has 0 spiro atoms. The van der Waals surface area contributed by atoms with E-state index in [4.69, 9.17) is 50.5 Å². The Kier molecular flexibility index (Phi) is 23.9. The van der Waals surface area contributed by atoms with Crippen LogP contribution in [0.1, 0.15) is 161 Å². The normalized spacial score (nSPS) is 23.8. The van der Waals surface area contributed by atoms with Gasteiger partial charge in [0.05, 0.1) is 63.8 Å². The van der Waals surface area contributed by atoms with Gasteiger partial charge in [-0.2, -0.15) is 0 Å². The van der Waals surface area contributed by atoms with Crippen LogP contribution in [-0.2, 0) is 39.2 Å². The summed E-state index contributed by atoms with van der Waals surface area (Å²) in [6, 6.07) is 7.63. The molecule has 12 rings (SSSR count). The van der Waals surface area contributed by atoms with E-state index in [0.717, 1.165) is 54.9 Å². The maximum absolute atomic E-state index is 14.1. The largest absolute Gasteiger partial charge is 0.495 e. The van der Waals surface area contributed by atoms with Crippen molar-refractivity contribution >= 4 is 128 Å². The van der Waals surface area contributed by atoms with Crippen LogP contribution in [0.25, 0.3) is 43.2 Å². The Bertz CT molecular complexity index is 4620. The molecular formula is C73H92BrClN12O14S4. The van der Waals surface area contributed by atoms with Gasteiger partial charge in [0, 0.05) is 85.5 Å². The molecule has 4 fully saturated rings. The van der Waals surface area contributed by atoms with Gasteiger partial charge in [-0.3, -0.25) is 28.6 Å². The second-order valence-corrected chi connectivity index (χ2v) is 36.0. The number of aromatic nitrogens is 4. The van der Waals surface area contributed by atoms with Crippen molar-refractivity contribution in [1.29, 1.82) is 0 Å². The number of fused-ring (bicyclic) bond motifs is 4. The highest BCUT2D eigenvalue weighted by Gasteiger charge is 2.64. The number of hydrogen-bond acceptors (Lipinski definition) is 20. The van der Waals surface area contributed by atoms with E-state index in [1.807, 2.05) is 47.2 Å². The lowest BCUT2D eigenvalue weighted by atomic mass is 10.1. The fourth-order valence-electron chi connectivity index (χ4n) is 12.7. The molecule has 3 unspecified atom stereocenters. The Hall–Kier alpha value is -7.71. The Balaban J connectivity index is 0.000000210. The van der Waals surface area contributed by atoms with Gasteiger partial charge >= 0.3 is 12.1 Å². The number of benzene rings is 2. The number of thiazole rings is 2. The monoisotopic (exact) mass is 1600 g/mol. The number of hydrogen-bond donors (Lipinski definition) is 6. The van der Waals surface area contributed by atoms with Crippen LogP contribution in [0.15, 0.2) is 75.9 Å². The summed E-state index contributed by atoms with van der Waals surface area (Å²) in [5.74, 6) is -1.11. The molecule has 105 heavy (non-hydrogen) atoms. The quantitative estimate of drug-likeness (QED) is 0.0365. The number of nitrogens with one attached hydrogen (secondary N) is 6. The van der Waals surface area contributed by atoms with Crippen LogP contribution >= 0.6 is 50.2 Å². The van der Waals surface area contributed by atoms with Gasteiger partial charge in [-0.1, -0.05) is 70.5 Å². The molecule has 4 saturated carbocycles. The maximum atomic E-state index is 14.1. The lowest BCUT2D eigenvalue weighted by Crippen LogP contribution is -2.58. The number of sulfonamides is 2. The van der Waals surface area contributed by atoms with Crippen LogP contribution in [0.5, 0.6) is 23.0 Å². The fourth-order valence-corrected chi connectivity index (χ4v) is 18.5. The van der Waals surface area contributed by atoms with Crippen LogP contribution in [0, 0.1) is 11.8 Å². The van der Waals surface area contributed by atoms with Crippen LogP contribution in [0.2, 0.25) is 5.02 Å². The maximum Gasteiger partial charge on any atom is 0.317 e. The van der Waals surface area contributed by atoms with Crippen molar-refractivity contribution in [3.8, 4) is 44.4 Å². The average Bonchev–Trinajstić information content (AvgIpc) is 1.60. The number of nitrogens with zero attached hydrogens (tertiary/aromatic N) is 6. The molecule has 566 valence electrons. The van der Waals surface area contributed by atoms with E-state index in [0.29, 0.717) is 116 Å². The van der Waals surface area contributed by atoms with E-state index in [1.165, 1.54) is 39.6 Å². The number of carbonyl (C=O) groups is 6. The molecule has 4 aliphatic carbocycles. The van der Waals surface area contributed by atoms with Crippen molar-refractivity contribution in [1.82, 2.24) is 60.4 Å². The zero-order chi connectivity index (χ0) is 75.6. The first-order chi connectivity index (χ1) is 49.9. The number of halogens is 2. The molecule has 6 aliphatic rings. The van der Waals surface area contributed by atoms with Crippen LogP contribution < -0.4 is 49.7 Å². The molecule has 0 saturated heterocycles. The summed E-state index contributed by atoms with van der Waals surface area (Å²) in [4.78, 5) is 104. The second kappa shape index (κ2) is 32.0. The summed E-state index contributed by atoms with van der Waals surface area (Å²) in [5.41, 5.74) is 1.17. The van der Waals surface area contributed by atoms with Crippen LogP contribution in [0.4, 0.5) is 9.59 Å². The van der Waals surface area contributed by atoms with E-state index >= 15 is 0 Å². The molecule has 0 radical (unpaired) electrons. The topological polar surface area (TPSA) is 338 Å². The van der Waals surface area contributed by atoms with Gasteiger partial charge in [0.1, 0.15) is 72.6 Å². The first kappa shape index (κ1) is 78.4. The predicted molar refractivity (Wildman–Crippen MR) is 408 cm³/mol. The van der Waals surface area contributed by atoms with Gasteiger partial charge in [0.25, 0.3) is 11.8 Å². The summed E-state index contributed by atoms with van der Waals surface area (Å²) in [7, 11) is -1.48. The van der Waals surface area contributed by atoms with E-state index < -0.39 is 100 Å². The van der Waals surface area contributed by atoms with E-state index in [-0.39, 0.29) is 50.7 Å². The molecule has 8 amide bonds. The number of pyridine rings is 2. The second-order valence-electron chi connectivity index (χ2n) is 28.8. The summed E-state index contributed by atoms with van der Waals surface area (Å²) >= 11 is 13.3. The lowest BCUT2D eigenvalue weighted by molar-refractivity contribution is -0.130. The third-order valence-electron chi connectivity index (χ3n) is 20.6. The standard InChI is InChI=1S/C37H47ClN6O7S2.C36H45BrN6O7S2/c1-6-36(15-16-36)53(48,49)43-34(46)37-20-23(37)11-9-7-8-10-17-44(4)35(47)41-25(32(45)42-37)14-18-51-29-19-26(33-40-27(21-52-33)22(2)3)39-31-24(29)12-13-28(50-5)30(31)38;1-21(2)26-20-51-32(39-26)25-18-28(23-11-12-27(49-5)29(37)30(23)38-25)50-17-13-24-31(44)41-36(33(45)42-52(47,48)35(3)14-15-35)19-22(36)10-8-6-7-9-16-43(4)34(46)40-24/h9,11-13,19,21-23,25H,6-8,10,14-18,20H2,1-5H3,(H,41,47)(H,42,45)(H,43,46);8,10-12,18,20-22,24H,6-7,9,13-17,19H2,1-5H3,(H,40,46)(H,41,44)(H,42,45)/b11-9-;10-8-/t23-,25+,37-;/m1./s1. The SMILES string of the molecule is CCC1(S(=O)(=O)NC(=O)[C@@]23C[C@H]2/C=C\CCCCN(C)C(=O)N[C@@H](CCOc2cc(-c4nc(C(C)C)cs4)nc4c(Cl)c(OC)ccc24)C(=O)N3)CC1.COc1ccc2c(OCCC3NC(=O)N(C)CCCC/C=C\C4CC4(C(=O)NS(=O)(=O)C4(C)CC4)NC3=O)cc(-c3nc(C(C)C)cs3)nc2c1Br. The number of allylic oxidation sites excluding steroid dienone is 2. The fraction of sp³-hybridized carbons (Fsp3) is 0.534. The van der Waals surface area contributed by atoms with Gasteiger partial charge in [0.15, 0.2) is 0 Å². The Morgan fingerprint density at radius 2 is 1.10 bits per heavy atom. The minimum atomic E-state index is -3.96. The van der Waals surface area contributed by atoms with Crippen LogP contribution in [-0.4, -0.2) is 170 Å². The van der Waals surface area contributed by atoms with Crippen molar-refractivity contribution in [3.63, 3.8) is 0 Å². The highest BCUT2D eigenvalue weighted by molar-refractivity contribution is 9.10. The van der Waals surface area contributed by atoms with Crippen molar-refractivity contribution in [2.75, 3.05) is 54.6 Å². The Morgan fingerprint density at radius 3 is 1.52 bits per heavy atom. The van der Waals surface area contributed by atoms with Gasteiger partial charge in [-0.15, -0.1) is 22.7 Å². The van der Waals surface area contributed by atoms with Gasteiger partial charge < -0.3 is 50.0 Å². The molecular weight excluding hydrogens is 1510 g/mol.